The summed E-state index contributed by atoms with van der Waals surface area (Å²) in [5.41, 5.74) is 0.543. The van der Waals surface area contributed by atoms with Crippen LogP contribution in [-0.2, 0) is 14.2 Å². The summed E-state index contributed by atoms with van der Waals surface area (Å²) in [6.07, 6.45) is 2.17. The van der Waals surface area contributed by atoms with Crippen LogP contribution in [0.5, 0.6) is 0 Å². The van der Waals surface area contributed by atoms with Crippen LogP contribution in [0.25, 0.3) is 0 Å². The van der Waals surface area contributed by atoms with Crippen molar-refractivity contribution in [3.8, 4) is 0 Å². The highest BCUT2D eigenvalue weighted by Gasteiger charge is 2.46. The average Bonchev–Trinajstić information content (AvgIpc) is 2.28. The molecule has 0 amide bonds. The lowest BCUT2D eigenvalue weighted by molar-refractivity contribution is -0.248. The van der Waals surface area contributed by atoms with E-state index in [1.807, 2.05) is 0 Å². The highest BCUT2D eigenvalue weighted by Crippen LogP contribution is 2.34. The van der Waals surface area contributed by atoms with Crippen molar-refractivity contribution < 1.29 is 19.3 Å². The molecule has 15 heavy (non-hydrogen) atoms. The zero-order valence-corrected chi connectivity index (χ0v) is 9.03. The van der Waals surface area contributed by atoms with E-state index in [9.17, 15) is 5.11 Å². The van der Waals surface area contributed by atoms with Crippen LogP contribution in [0.2, 0.25) is 0 Å². The number of ether oxygens (including phenoxy) is 3. The minimum absolute atomic E-state index is 0.0976. The summed E-state index contributed by atoms with van der Waals surface area (Å²) in [7, 11) is 2.92. The predicted molar refractivity (Wildman–Crippen MR) is 56.1 cm³/mol. The summed E-state index contributed by atoms with van der Waals surface area (Å²) in [6, 6.07) is 0. The molecular weight excluding hydrogens is 196 g/mol. The van der Waals surface area contributed by atoms with Crippen molar-refractivity contribution in [1.29, 1.82) is 0 Å². The fraction of sp³-hybridized carbons (Fsp3) is 0.455. The van der Waals surface area contributed by atoms with Gasteiger partial charge in [0.1, 0.15) is 18.5 Å². The molecule has 1 aliphatic rings. The maximum Gasteiger partial charge on any atom is 0.228 e. The number of aliphatic hydroxyl groups is 1. The molecule has 1 heterocycles. The third kappa shape index (κ3) is 1.71. The van der Waals surface area contributed by atoms with Crippen LogP contribution in [0.15, 0.2) is 36.6 Å². The van der Waals surface area contributed by atoms with Crippen molar-refractivity contribution in [3.05, 3.63) is 36.6 Å². The quantitative estimate of drug-likeness (QED) is 0.706. The van der Waals surface area contributed by atoms with E-state index >= 15 is 0 Å². The Kier molecular flexibility index (Phi) is 3.68. The van der Waals surface area contributed by atoms with Crippen molar-refractivity contribution in [2.24, 2.45) is 0 Å². The number of methoxy groups -OCH3 is 2. The monoisotopic (exact) mass is 212 g/mol. The van der Waals surface area contributed by atoms with Gasteiger partial charge in [0.25, 0.3) is 0 Å². The van der Waals surface area contributed by atoms with E-state index in [0.29, 0.717) is 11.3 Å². The second-order valence-corrected chi connectivity index (χ2v) is 3.09. The van der Waals surface area contributed by atoms with Gasteiger partial charge < -0.3 is 19.3 Å². The molecule has 1 aliphatic heterocycles. The fourth-order valence-corrected chi connectivity index (χ4v) is 1.69. The Morgan fingerprint density at radius 1 is 1.40 bits per heavy atom. The third-order valence-electron chi connectivity index (χ3n) is 2.47. The number of allylic oxidation sites excluding steroid dienone is 1. The van der Waals surface area contributed by atoms with Crippen LogP contribution in [-0.4, -0.2) is 37.8 Å². The third-order valence-corrected chi connectivity index (χ3v) is 2.47. The molecule has 1 atom stereocenters. The molecule has 0 aromatic carbocycles. The highest BCUT2D eigenvalue weighted by molar-refractivity contribution is 5.36. The Labute approximate surface area is 89.4 Å². The van der Waals surface area contributed by atoms with Crippen LogP contribution in [0.1, 0.15) is 0 Å². The minimum atomic E-state index is -1.22. The van der Waals surface area contributed by atoms with E-state index in [2.05, 4.69) is 13.2 Å². The second kappa shape index (κ2) is 4.61. The largest absolute Gasteiger partial charge is 0.490 e. The molecule has 0 aliphatic carbocycles. The first kappa shape index (κ1) is 12.0. The Balaban J connectivity index is 3.29. The lowest BCUT2D eigenvalue weighted by Gasteiger charge is -2.40. The second-order valence-electron chi connectivity index (χ2n) is 3.09. The van der Waals surface area contributed by atoms with E-state index in [1.54, 1.807) is 0 Å². The Bertz CT molecular complexity index is 289. The van der Waals surface area contributed by atoms with Crippen molar-refractivity contribution >= 4 is 0 Å². The summed E-state index contributed by atoms with van der Waals surface area (Å²) in [6.45, 7) is 7.37. The lowest BCUT2D eigenvalue weighted by atomic mass is 9.96. The molecule has 1 unspecified atom stereocenters. The highest BCUT2D eigenvalue weighted by atomic mass is 16.7. The van der Waals surface area contributed by atoms with Crippen LogP contribution in [0.4, 0.5) is 0 Å². The molecule has 84 valence electrons. The first-order valence-corrected chi connectivity index (χ1v) is 4.57. The molecule has 0 fully saturated rings. The number of hydrogen-bond donors (Lipinski definition) is 1. The molecule has 1 rings (SSSR count). The molecule has 4 nitrogen and oxygen atoms in total. The summed E-state index contributed by atoms with van der Waals surface area (Å²) >= 11 is 0. The van der Waals surface area contributed by atoms with Gasteiger partial charge in [-0.3, -0.25) is 0 Å². The molecule has 4 heteroatoms. The molecule has 0 aromatic rings. The molecule has 0 spiro atoms. The summed E-state index contributed by atoms with van der Waals surface area (Å²) in [5.74, 6) is -0.706. The van der Waals surface area contributed by atoms with Gasteiger partial charge >= 0.3 is 0 Å². The number of hydrogen-bond acceptors (Lipinski definition) is 4. The van der Waals surface area contributed by atoms with Crippen LogP contribution >= 0.6 is 0 Å². The van der Waals surface area contributed by atoms with Gasteiger partial charge in [0.2, 0.25) is 5.79 Å². The molecule has 0 bridgehead atoms. The first-order valence-electron chi connectivity index (χ1n) is 4.57. The smallest absolute Gasteiger partial charge is 0.228 e. The van der Waals surface area contributed by atoms with Crippen LogP contribution < -0.4 is 0 Å². The van der Waals surface area contributed by atoms with Crippen LogP contribution in [0, 0.1) is 0 Å². The van der Waals surface area contributed by atoms with E-state index in [1.165, 1.54) is 26.4 Å². The zero-order valence-electron chi connectivity index (χ0n) is 9.03. The van der Waals surface area contributed by atoms with E-state index < -0.39 is 11.9 Å². The van der Waals surface area contributed by atoms with Crippen molar-refractivity contribution in [2.75, 3.05) is 20.8 Å². The summed E-state index contributed by atoms with van der Waals surface area (Å²) < 4.78 is 15.8. The Morgan fingerprint density at radius 3 is 2.40 bits per heavy atom. The standard InChI is InChI=1S/C11H16O4/c1-5-8-9(6-2)15-7-10(12)11(8,13-3)14-4/h5-6,10,12H,1-2,7H2,3-4H3. The Morgan fingerprint density at radius 2 is 2.00 bits per heavy atom. The molecule has 0 saturated heterocycles. The molecule has 0 aromatic heterocycles. The molecule has 1 N–H and O–H groups in total. The van der Waals surface area contributed by atoms with Gasteiger partial charge in [0, 0.05) is 14.2 Å². The predicted octanol–water partition coefficient (Wildman–Crippen LogP) is 0.993. The lowest BCUT2D eigenvalue weighted by Crippen LogP contribution is -2.52. The molecule has 0 saturated carbocycles. The maximum absolute atomic E-state index is 9.84. The molecular formula is C11H16O4. The number of rotatable bonds is 4. The van der Waals surface area contributed by atoms with Crippen molar-refractivity contribution in [1.82, 2.24) is 0 Å². The van der Waals surface area contributed by atoms with Gasteiger partial charge in [0.05, 0.1) is 5.57 Å². The van der Waals surface area contributed by atoms with Gasteiger partial charge in [-0.2, -0.15) is 0 Å². The van der Waals surface area contributed by atoms with Gasteiger partial charge in [-0.05, 0) is 6.08 Å². The summed E-state index contributed by atoms with van der Waals surface area (Å²) in [4.78, 5) is 0. The van der Waals surface area contributed by atoms with E-state index in [-0.39, 0.29) is 6.61 Å². The van der Waals surface area contributed by atoms with Crippen molar-refractivity contribution in [2.45, 2.75) is 11.9 Å². The van der Waals surface area contributed by atoms with Gasteiger partial charge in [-0.15, -0.1) is 0 Å². The zero-order chi connectivity index (χ0) is 11.5. The van der Waals surface area contributed by atoms with Gasteiger partial charge in [-0.25, -0.2) is 0 Å². The topological polar surface area (TPSA) is 47.9 Å². The van der Waals surface area contributed by atoms with Gasteiger partial charge in [0.15, 0.2) is 0 Å². The molecule has 0 radical (unpaired) electrons. The van der Waals surface area contributed by atoms with Crippen molar-refractivity contribution in [3.63, 3.8) is 0 Å². The normalized spacial score (nSPS) is 24.6. The average molecular weight is 212 g/mol. The summed E-state index contributed by atoms with van der Waals surface area (Å²) in [5, 5.41) is 9.84. The van der Waals surface area contributed by atoms with Crippen LogP contribution in [0.3, 0.4) is 0 Å². The first-order chi connectivity index (χ1) is 7.16. The minimum Gasteiger partial charge on any atom is -0.490 e. The van der Waals surface area contributed by atoms with Gasteiger partial charge in [-0.1, -0.05) is 19.2 Å². The fourth-order valence-electron chi connectivity index (χ4n) is 1.69. The SMILES string of the molecule is C=CC1=C(C=C)C(OC)(OC)C(O)CO1. The van der Waals surface area contributed by atoms with E-state index in [0.717, 1.165) is 0 Å². The number of aliphatic hydroxyl groups excluding tert-OH is 1. The maximum atomic E-state index is 9.84. The Hall–Kier alpha value is -1.10. The van der Waals surface area contributed by atoms with E-state index in [4.69, 9.17) is 14.2 Å².